The van der Waals surface area contributed by atoms with Gasteiger partial charge in [0.1, 0.15) is 5.76 Å². The molecule has 0 bridgehead atoms. The van der Waals surface area contributed by atoms with Gasteiger partial charge in [-0.25, -0.2) is 0 Å². The van der Waals surface area contributed by atoms with Crippen LogP contribution < -0.4 is 5.32 Å². The van der Waals surface area contributed by atoms with E-state index in [1.807, 2.05) is 38.1 Å². The zero-order valence-corrected chi connectivity index (χ0v) is 12.0. The molecule has 1 aromatic carbocycles. The van der Waals surface area contributed by atoms with E-state index in [1.54, 1.807) is 0 Å². The largest absolute Gasteiger partial charge is 0.498 e. The highest BCUT2D eigenvalue weighted by Crippen LogP contribution is 2.19. The first-order chi connectivity index (χ1) is 9.58. The fourth-order valence-corrected chi connectivity index (χ4v) is 2.21. The van der Waals surface area contributed by atoms with Crippen LogP contribution in [-0.2, 0) is 9.53 Å². The standard InChI is InChI=1S/C16H21NO3/c1-11-5-7-13(8-6-11)15(18)10-17-16(19)14-4-3-9-20-12(14)2/h5-8,15,18H,3-4,9-10H2,1-2H3,(H,17,19). The van der Waals surface area contributed by atoms with Crippen LogP contribution in [0.4, 0.5) is 0 Å². The quantitative estimate of drug-likeness (QED) is 0.886. The Bertz CT molecular complexity index is 505. The Hall–Kier alpha value is -1.81. The van der Waals surface area contributed by atoms with Crippen LogP contribution in [0.1, 0.15) is 37.0 Å². The third-order valence-corrected chi connectivity index (χ3v) is 3.51. The SMILES string of the molecule is CC1=C(C(=O)NCC(O)c2ccc(C)cc2)CCCO1. The Labute approximate surface area is 119 Å². The number of carbonyl (C=O) groups is 1. The Balaban J connectivity index is 1.91. The first-order valence-electron chi connectivity index (χ1n) is 6.93. The van der Waals surface area contributed by atoms with Crippen LogP contribution in [0.15, 0.2) is 35.6 Å². The van der Waals surface area contributed by atoms with Crippen LogP contribution in [-0.4, -0.2) is 24.2 Å². The minimum absolute atomic E-state index is 0.145. The summed E-state index contributed by atoms with van der Waals surface area (Å²) in [7, 11) is 0. The summed E-state index contributed by atoms with van der Waals surface area (Å²) in [5.74, 6) is 0.548. The van der Waals surface area contributed by atoms with E-state index in [2.05, 4.69) is 5.32 Å². The summed E-state index contributed by atoms with van der Waals surface area (Å²) in [4.78, 5) is 12.0. The molecule has 0 fully saturated rings. The average Bonchev–Trinajstić information content (AvgIpc) is 2.45. The van der Waals surface area contributed by atoms with E-state index >= 15 is 0 Å². The Kier molecular flexibility index (Phi) is 4.79. The summed E-state index contributed by atoms with van der Waals surface area (Å²) in [6.07, 6.45) is 0.906. The number of amides is 1. The van der Waals surface area contributed by atoms with Crippen LogP contribution in [0.3, 0.4) is 0 Å². The van der Waals surface area contributed by atoms with Gasteiger partial charge in [0.15, 0.2) is 0 Å². The van der Waals surface area contributed by atoms with Crippen molar-refractivity contribution in [3.63, 3.8) is 0 Å². The summed E-state index contributed by atoms with van der Waals surface area (Å²) in [5.41, 5.74) is 2.64. The molecule has 108 valence electrons. The van der Waals surface area contributed by atoms with Crippen molar-refractivity contribution in [3.8, 4) is 0 Å². The lowest BCUT2D eigenvalue weighted by atomic mass is 10.1. The van der Waals surface area contributed by atoms with Crippen molar-refractivity contribution >= 4 is 5.91 Å². The van der Waals surface area contributed by atoms with Crippen molar-refractivity contribution in [2.24, 2.45) is 0 Å². The fraction of sp³-hybridized carbons (Fsp3) is 0.438. The third-order valence-electron chi connectivity index (χ3n) is 3.51. The van der Waals surface area contributed by atoms with Crippen molar-refractivity contribution < 1.29 is 14.6 Å². The number of hydrogen-bond acceptors (Lipinski definition) is 3. The van der Waals surface area contributed by atoms with Crippen LogP contribution in [0.25, 0.3) is 0 Å². The summed E-state index contributed by atoms with van der Waals surface area (Å²) < 4.78 is 5.37. The molecule has 0 saturated carbocycles. The van der Waals surface area contributed by atoms with Crippen LogP contribution in [0.2, 0.25) is 0 Å². The van der Waals surface area contributed by atoms with Gasteiger partial charge >= 0.3 is 0 Å². The van der Waals surface area contributed by atoms with Gasteiger partial charge in [-0.3, -0.25) is 4.79 Å². The number of rotatable bonds is 4. The molecule has 1 atom stereocenters. The molecule has 0 saturated heterocycles. The molecule has 1 aromatic rings. The number of carbonyl (C=O) groups excluding carboxylic acids is 1. The minimum atomic E-state index is -0.690. The molecule has 0 spiro atoms. The maximum Gasteiger partial charge on any atom is 0.250 e. The second-order valence-corrected chi connectivity index (χ2v) is 5.12. The molecular formula is C16H21NO3. The van der Waals surface area contributed by atoms with Gasteiger partial charge in [-0.1, -0.05) is 29.8 Å². The molecule has 1 aliphatic rings. The molecular weight excluding hydrogens is 254 g/mol. The fourth-order valence-electron chi connectivity index (χ4n) is 2.21. The van der Waals surface area contributed by atoms with E-state index < -0.39 is 6.10 Å². The van der Waals surface area contributed by atoms with Crippen molar-refractivity contribution in [1.82, 2.24) is 5.32 Å². The molecule has 0 radical (unpaired) electrons. The number of aliphatic hydroxyl groups excluding tert-OH is 1. The van der Waals surface area contributed by atoms with Gasteiger partial charge in [-0.2, -0.15) is 0 Å². The van der Waals surface area contributed by atoms with E-state index in [0.29, 0.717) is 17.9 Å². The molecule has 1 heterocycles. The predicted molar refractivity (Wildman–Crippen MR) is 77.0 cm³/mol. The lowest BCUT2D eigenvalue weighted by molar-refractivity contribution is -0.118. The second-order valence-electron chi connectivity index (χ2n) is 5.12. The monoisotopic (exact) mass is 275 g/mol. The lowest BCUT2D eigenvalue weighted by Gasteiger charge is -2.19. The molecule has 2 N–H and O–H groups in total. The van der Waals surface area contributed by atoms with Gasteiger partial charge < -0.3 is 15.2 Å². The maximum atomic E-state index is 12.0. The van der Waals surface area contributed by atoms with E-state index in [9.17, 15) is 9.90 Å². The van der Waals surface area contributed by atoms with Crippen molar-refractivity contribution in [3.05, 3.63) is 46.7 Å². The highest BCUT2D eigenvalue weighted by Gasteiger charge is 2.18. The van der Waals surface area contributed by atoms with Gasteiger partial charge in [0.2, 0.25) is 0 Å². The number of hydrogen-bond donors (Lipinski definition) is 2. The smallest absolute Gasteiger partial charge is 0.250 e. The molecule has 4 nitrogen and oxygen atoms in total. The van der Waals surface area contributed by atoms with Crippen molar-refractivity contribution in [2.75, 3.05) is 13.2 Å². The van der Waals surface area contributed by atoms with Crippen LogP contribution in [0, 0.1) is 6.92 Å². The Morgan fingerprint density at radius 2 is 2.05 bits per heavy atom. The number of ether oxygens (including phenoxy) is 1. The zero-order chi connectivity index (χ0) is 14.5. The van der Waals surface area contributed by atoms with E-state index in [-0.39, 0.29) is 12.5 Å². The Morgan fingerprint density at radius 3 is 2.70 bits per heavy atom. The van der Waals surface area contributed by atoms with Crippen molar-refractivity contribution in [1.29, 1.82) is 0 Å². The van der Waals surface area contributed by atoms with Gasteiger partial charge in [0.25, 0.3) is 5.91 Å². The second kappa shape index (κ2) is 6.57. The highest BCUT2D eigenvalue weighted by molar-refractivity contribution is 5.93. The number of nitrogens with one attached hydrogen (secondary N) is 1. The molecule has 1 aliphatic heterocycles. The van der Waals surface area contributed by atoms with E-state index in [1.165, 1.54) is 0 Å². The van der Waals surface area contributed by atoms with Gasteiger partial charge in [0.05, 0.1) is 18.3 Å². The molecule has 20 heavy (non-hydrogen) atoms. The first-order valence-corrected chi connectivity index (χ1v) is 6.93. The topological polar surface area (TPSA) is 58.6 Å². The molecule has 4 heteroatoms. The maximum absolute atomic E-state index is 12.0. The average molecular weight is 275 g/mol. The highest BCUT2D eigenvalue weighted by atomic mass is 16.5. The first kappa shape index (κ1) is 14.6. The number of benzene rings is 1. The van der Waals surface area contributed by atoms with Gasteiger partial charge in [-0.05, 0) is 32.3 Å². The minimum Gasteiger partial charge on any atom is -0.498 e. The summed E-state index contributed by atoms with van der Waals surface area (Å²) in [5, 5.41) is 12.8. The summed E-state index contributed by atoms with van der Waals surface area (Å²) in [6, 6.07) is 7.64. The third kappa shape index (κ3) is 3.61. The molecule has 2 rings (SSSR count). The molecule has 1 unspecified atom stereocenters. The molecule has 0 aromatic heterocycles. The van der Waals surface area contributed by atoms with Crippen LogP contribution in [0.5, 0.6) is 0 Å². The molecule has 1 amide bonds. The Morgan fingerprint density at radius 1 is 1.35 bits per heavy atom. The van der Waals surface area contributed by atoms with Gasteiger partial charge in [-0.15, -0.1) is 0 Å². The molecule has 0 aliphatic carbocycles. The summed E-state index contributed by atoms with van der Waals surface area (Å²) in [6.45, 7) is 4.69. The lowest BCUT2D eigenvalue weighted by Crippen LogP contribution is -2.31. The number of allylic oxidation sites excluding steroid dienone is 1. The van der Waals surface area contributed by atoms with Gasteiger partial charge in [0, 0.05) is 6.54 Å². The van der Waals surface area contributed by atoms with Crippen molar-refractivity contribution in [2.45, 2.75) is 32.8 Å². The predicted octanol–water partition coefficient (Wildman–Crippen LogP) is 2.23. The number of aliphatic hydroxyl groups is 1. The van der Waals surface area contributed by atoms with E-state index in [4.69, 9.17) is 4.74 Å². The normalized spacial score (nSPS) is 16.6. The number of aryl methyl sites for hydroxylation is 1. The van der Waals surface area contributed by atoms with Crippen LogP contribution >= 0.6 is 0 Å². The summed E-state index contributed by atoms with van der Waals surface area (Å²) >= 11 is 0. The zero-order valence-electron chi connectivity index (χ0n) is 12.0. The van der Waals surface area contributed by atoms with E-state index in [0.717, 1.165) is 24.0 Å².